The average Bonchev–Trinajstić information content (AvgIpc) is 1.89. The summed E-state index contributed by atoms with van der Waals surface area (Å²) >= 11 is 0. The van der Waals surface area contributed by atoms with E-state index < -0.39 is 0 Å². The molecule has 1 aliphatic heterocycles. The summed E-state index contributed by atoms with van der Waals surface area (Å²) in [5, 5.41) is 0. The molecular weight excluding hydrogens is 118 g/mol. The van der Waals surface area contributed by atoms with Gasteiger partial charge in [0.1, 0.15) is 0 Å². The van der Waals surface area contributed by atoms with E-state index in [1.807, 2.05) is 6.92 Å². The number of carbonyl (C=O) groups excluding carboxylic acids is 1. The minimum atomic E-state index is -0.185. The van der Waals surface area contributed by atoms with Crippen LogP contribution < -0.4 is 0 Å². The predicted octanol–water partition coefficient (Wildman–Crippen LogP) is -0.138. The van der Waals surface area contributed by atoms with Crippen LogP contribution >= 0.6 is 0 Å². The Morgan fingerprint density at radius 3 is 2.44 bits per heavy atom. The number of amides is 1. The van der Waals surface area contributed by atoms with Gasteiger partial charge in [-0.15, -0.1) is 0 Å². The van der Waals surface area contributed by atoms with Crippen molar-refractivity contribution in [1.82, 2.24) is 4.90 Å². The molecule has 2 unspecified atom stereocenters. The van der Waals surface area contributed by atoms with Crippen molar-refractivity contribution in [2.75, 3.05) is 14.2 Å². The van der Waals surface area contributed by atoms with E-state index in [0.29, 0.717) is 0 Å². The molecule has 1 saturated heterocycles. The van der Waals surface area contributed by atoms with Crippen LogP contribution in [0.4, 0.5) is 0 Å². The highest BCUT2D eigenvalue weighted by atomic mass is 16.5. The van der Waals surface area contributed by atoms with Crippen molar-refractivity contribution >= 4 is 5.91 Å². The highest BCUT2D eigenvalue weighted by Crippen LogP contribution is 2.18. The molecule has 0 N–H and O–H groups in total. The van der Waals surface area contributed by atoms with E-state index in [2.05, 4.69) is 0 Å². The molecule has 1 rings (SSSR count). The Hall–Kier alpha value is -0.570. The Morgan fingerprint density at radius 1 is 1.67 bits per heavy atom. The van der Waals surface area contributed by atoms with Crippen molar-refractivity contribution < 1.29 is 9.53 Å². The fraction of sp³-hybridized carbons (Fsp3) is 0.833. The lowest BCUT2D eigenvalue weighted by molar-refractivity contribution is -0.165. The van der Waals surface area contributed by atoms with Crippen molar-refractivity contribution in [1.29, 1.82) is 0 Å². The summed E-state index contributed by atoms with van der Waals surface area (Å²) in [6.07, 6.45) is -0.185. The first-order chi connectivity index (χ1) is 4.18. The van der Waals surface area contributed by atoms with Crippen LogP contribution in [0.1, 0.15) is 6.92 Å². The molecular formula is C6H11NO2. The smallest absolute Gasteiger partial charge is 0.253 e. The number of ether oxygens (including phenoxy) is 1. The van der Waals surface area contributed by atoms with Crippen LogP contribution in [0.25, 0.3) is 0 Å². The zero-order chi connectivity index (χ0) is 7.02. The van der Waals surface area contributed by atoms with E-state index in [1.54, 1.807) is 19.1 Å². The standard InChI is InChI=1S/C6H11NO2/c1-4-5(9-3)6(8)7(4)2/h4-5H,1-3H3. The second kappa shape index (κ2) is 1.99. The second-order valence-corrected chi connectivity index (χ2v) is 2.35. The molecule has 2 atom stereocenters. The summed E-state index contributed by atoms with van der Waals surface area (Å²) in [4.78, 5) is 12.5. The first-order valence-corrected chi connectivity index (χ1v) is 2.98. The van der Waals surface area contributed by atoms with Crippen LogP contribution in [0.3, 0.4) is 0 Å². The Morgan fingerprint density at radius 2 is 2.22 bits per heavy atom. The van der Waals surface area contributed by atoms with Crippen molar-refractivity contribution in [3.63, 3.8) is 0 Å². The molecule has 1 aliphatic rings. The molecule has 1 fully saturated rings. The molecule has 0 spiro atoms. The van der Waals surface area contributed by atoms with Crippen molar-refractivity contribution in [2.24, 2.45) is 0 Å². The van der Waals surface area contributed by atoms with Crippen LogP contribution in [-0.2, 0) is 9.53 Å². The largest absolute Gasteiger partial charge is 0.369 e. The number of nitrogens with zero attached hydrogens (tertiary/aromatic N) is 1. The molecule has 3 nitrogen and oxygen atoms in total. The number of carbonyl (C=O) groups is 1. The Kier molecular flexibility index (Phi) is 1.45. The lowest BCUT2D eigenvalue weighted by Gasteiger charge is -2.41. The van der Waals surface area contributed by atoms with Gasteiger partial charge < -0.3 is 9.64 Å². The Bertz CT molecular complexity index is 135. The molecule has 1 amide bonds. The highest BCUT2D eigenvalue weighted by molar-refractivity contribution is 5.87. The number of β-lactam (4-membered cyclic amide) rings is 1. The third kappa shape index (κ3) is 0.721. The number of hydrogen-bond acceptors (Lipinski definition) is 2. The quantitative estimate of drug-likeness (QED) is 0.461. The molecule has 0 bridgehead atoms. The minimum absolute atomic E-state index is 0.0880. The maximum absolute atomic E-state index is 10.8. The average molecular weight is 129 g/mol. The van der Waals surface area contributed by atoms with Gasteiger partial charge in [0.15, 0.2) is 6.10 Å². The fourth-order valence-electron chi connectivity index (χ4n) is 1.03. The van der Waals surface area contributed by atoms with Gasteiger partial charge in [-0.3, -0.25) is 4.79 Å². The fourth-order valence-corrected chi connectivity index (χ4v) is 1.03. The zero-order valence-corrected chi connectivity index (χ0v) is 5.92. The van der Waals surface area contributed by atoms with Gasteiger partial charge in [0, 0.05) is 14.2 Å². The van der Waals surface area contributed by atoms with Crippen LogP contribution in [0, 0.1) is 0 Å². The van der Waals surface area contributed by atoms with Crippen LogP contribution in [0.15, 0.2) is 0 Å². The van der Waals surface area contributed by atoms with Gasteiger partial charge in [0.25, 0.3) is 5.91 Å². The number of likely N-dealkylation sites (tertiary alicyclic amines) is 1. The van der Waals surface area contributed by atoms with Gasteiger partial charge in [0.05, 0.1) is 6.04 Å². The lowest BCUT2D eigenvalue weighted by atomic mass is 10.0. The van der Waals surface area contributed by atoms with Gasteiger partial charge >= 0.3 is 0 Å². The summed E-state index contributed by atoms with van der Waals surface area (Å²) in [6.45, 7) is 1.97. The molecule has 0 aliphatic carbocycles. The first kappa shape index (κ1) is 6.55. The van der Waals surface area contributed by atoms with E-state index in [-0.39, 0.29) is 18.1 Å². The molecule has 0 aromatic heterocycles. The minimum Gasteiger partial charge on any atom is -0.369 e. The van der Waals surface area contributed by atoms with Gasteiger partial charge in [-0.05, 0) is 6.92 Å². The van der Waals surface area contributed by atoms with Crippen LogP contribution in [-0.4, -0.2) is 37.1 Å². The number of methoxy groups -OCH3 is 1. The Labute approximate surface area is 54.6 Å². The molecule has 1 heterocycles. The summed E-state index contributed by atoms with van der Waals surface area (Å²) < 4.78 is 4.89. The summed E-state index contributed by atoms with van der Waals surface area (Å²) in [5.41, 5.74) is 0. The molecule has 52 valence electrons. The number of hydrogen-bond donors (Lipinski definition) is 0. The van der Waals surface area contributed by atoms with Crippen LogP contribution in [0.5, 0.6) is 0 Å². The van der Waals surface area contributed by atoms with Crippen molar-refractivity contribution in [3.05, 3.63) is 0 Å². The first-order valence-electron chi connectivity index (χ1n) is 2.98. The van der Waals surface area contributed by atoms with E-state index in [4.69, 9.17) is 4.74 Å². The maximum atomic E-state index is 10.8. The molecule has 0 saturated carbocycles. The number of likely N-dealkylation sites (N-methyl/N-ethyl adjacent to an activating group) is 1. The second-order valence-electron chi connectivity index (χ2n) is 2.35. The summed E-state index contributed by atoms with van der Waals surface area (Å²) in [6, 6.07) is 0.252. The van der Waals surface area contributed by atoms with Gasteiger partial charge in [0.2, 0.25) is 0 Å². The summed E-state index contributed by atoms with van der Waals surface area (Å²) in [7, 11) is 3.34. The molecule has 0 radical (unpaired) electrons. The highest BCUT2D eigenvalue weighted by Gasteiger charge is 2.41. The van der Waals surface area contributed by atoms with E-state index >= 15 is 0 Å². The summed E-state index contributed by atoms with van der Waals surface area (Å²) in [5.74, 6) is 0.0880. The van der Waals surface area contributed by atoms with Gasteiger partial charge in [-0.2, -0.15) is 0 Å². The normalized spacial score (nSPS) is 34.6. The van der Waals surface area contributed by atoms with Crippen LogP contribution in [0.2, 0.25) is 0 Å². The van der Waals surface area contributed by atoms with E-state index in [0.717, 1.165) is 0 Å². The predicted molar refractivity (Wildman–Crippen MR) is 33.0 cm³/mol. The molecule has 3 heteroatoms. The molecule has 0 aromatic carbocycles. The number of rotatable bonds is 1. The van der Waals surface area contributed by atoms with E-state index in [9.17, 15) is 4.79 Å². The Balaban J connectivity index is 2.51. The topological polar surface area (TPSA) is 29.5 Å². The van der Waals surface area contributed by atoms with Gasteiger partial charge in [-0.25, -0.2) is 0 Å². The lowest BCUT2D eigenvalue weighted by Crippen LogP contribution is -2.62. The van der Waals surface area contributed by atoms with Gasteiger partial charge in [-0.1, -0.05) is 0 Å². The zero-order valence-electron chi connectivity index (χ0n) is 5.92. The van der Waals surface area contributed by atoms with Crippen molar-refractivity contribution in [3.8, 4) is 0 Å². The van der Waals surface area contributed by atoms with Crippen molar-refractivity contribution in [2.45, 2.75) is 19.1 Å². The maximum Gasteiger partial charge on any atom is 0.253 e. The third-order valence-corrected chi connectivity index (χ3v) is 1.89. The third-order valence-electron chi connectivity index (χ3n) is 1.89. The molecule has 0 aromatic rings. The molecule has 9 heavy (non-hydrogen) atoms. The monoisotopic (exact) mass is 129 g/mol. The van der Waals surface area contributed by atoms with E-state index in [1.165, 1.54) is 0 Å². The SMILES string of the molecule is COC1C(=O)N(C)C1C.